The predicted octanol–water partition coefficient (Wildman–Crippen LogP) is 0.574. The van der Waals surface area contributed by atoms with E-state index in [1.165, 1.54) is 10.9 Å². The van der Waals surface area contributed by atoms with Crippen LogP contribution >= 0.6 is 0 Å². The van der Waals surface area contributed by atoms with Gasteiger partial charge in [0.15, 0.2) is 0 Å². The normalized spacial score (nSPS) is 16.4. The second-order valence-corrected chi connectivity index (χ2v) is 3.91. The van der Waals surface area contributed by atoms with Gasteiger partial charge in [-0.05, 0) is 24.6 Å². The molecule has 2 rings (SSSR count). The molecule has 2 heterocycles. The van der Waals surface area contributed by atoms with Crippen molar-refractivity contribution in [3.8, 4) is 0 Å². The Labute approximate surface area is 97.1 Å². The fourth-order valence-electron chi connectivity index (χ4n) is 1.95. The minimum Gasteiger partial charge on any atom is -0.345 e. The highest BCUT2D eigenvalue weighted by Crippen LogP contribution is 2.11. The van der Waals surface area contributed by atoms with E-state index < -0.39 is 0 Å². The van der Waals surface area contributed by atoms with Crippen LogP contribution in [-0.2, 0) is 7.05 Å². The summed E-state index contributed by atoms with van der Waals surface area (Å²) in [5.74, 6) is 0. The molecule has 0 aromatic carbocycles. The summed E-state index contributed by atoms with van der Waals surface area (Å²) in [6.07, 6.45) is 5.63. The summed E-state index contributed by atoms with van der Waals surface area (Å²) in [5.41, 5.74) is 2.28. The Bertz CT molecular complexity index is 549. The van der Waals surface area contributed by atoms with Crippen LogP contribution in [0.1, 0.15) is 6.42 Å². The van der Waals surface area contributed by atoms with Gasteiger partial charge in [-0.2, -0.15) is 0 Å². The van der Waals surface area contributed by atoms with Crippen LogP contribution in [0.25, 0.3) is 12.2 Å². The number of aromatic nitrogens is 1. The van der Waals surface area contributed by atoms with Gasteiger partial charge in [-0.25, -0.2) is 0 Å². The van der Waals surface area contributed by atoms with Gasteiger partial charge in [-0.1, -0.05) is 19.0 Å². The largest absolute Gasteiger partial charge is 0.345 e. The molecule has 0 bridgehead atoms. The van der Waals surface area contributed by atoms with Crippen molar-refractivity contribution in [2.45, 2.75) is 12.7 Å². The molecule has 1 aliphatic heterocycles. The summed E-state index contributed by atoms with van der Waals surface area (Å²) >= 11 is 0. The summed E-state index contributed by atoms with van der Waals surface area (Å²) in [6, 6.07) is 4.10. The van der Waals surface area contributed by atoms with Crippen LogP contribution in [-0.4, -0.2) is 24.7 Å². The molecule has 0 aliphatic carbocycles. The molecule has 0 spiro atoms. The van der Waals surface area contributed by atoms with E-state index in [-0.39, 0.29) is 0 Å². The lowest BCUT2D eigenvalue weighted by Crippen LogP contribution is -2.26. The van der Waals surface area contributed by atoms with E-state index in [1.807, 2.05) is 13.1 Å². The lowest BCUT2D eigenvalue weighted by Gasteiger charge is -2.05. The van der Waals surface area contributed by atoms with E-state index in [4.69, 9.17) is 7.85 Å². The molecule has 0 saturated heterocycles. The van der Waals surface area contributed by atoms with Crippen LogP contribution in [0.15, 0.2) is 29.3 Å². The maximum Gasteiger partial charge on any atom is 0.0657 e. The zero-order valence-corrected chi connectivity index (χ0v) is 9.61. The van der Waals surface area contributed by atoms with Crippen molar-refractivity contribution in [2.75, 3.05) is 6.54 Å². The number of allylic oxidation sites excluding steroid dienone is 1. The first-order valence-electron chi connectivity index (χ1n) is 5.49. The standard InChI is InChI=1S/C13H15BN2/c1-10-5-6-13(16(10)2)11(7-8-14)12-4-3-9-15-12/h3-6H,1,7-9H2,2H3. The third kappa shape index (κ3) is 1.90. The van der Waals surface area contributed by atoms with Gasteiger partial charge in [0.25, 0.3) is 0 Å². The molecule has 80 valence electrons. The van der Waals surface area contributed by atoms with Crippen molar-refractivity contribution in [2.24, 2.45) is 12.0 Å². The smallest absolute Gasteiger partial charge is 0.0657 e. The second kappa shape index (κ2) is 4.56. The average Bonchev–Trinajstić information content (AvgIpc) is 2.89. The van der Waals surface area contributed by atoms with Crippen molar-refractivity contribution in [1.29, 1.82) is 0 Å². The monoisotopic (exact) mass is 210 g/mol. The predicted molar refractivity (Wildman–Crippen MR) is 70.2 cm³/mol. The lowest BCUT2D eigenvalue weighted by molar-refractivity contribution is 0.856. The van der Waals surface area contributed by atoms with Gasteiger partial charge >= 0.3 is 0 Å². The Morgan fingerprint density at radius 3 is 2.88 bits per heavy atom. The van der Waals surface area contributed by atoms with Crippen molar-refractivity contribution >= 4 is 25.7 Å². The Balaban J connectivity index is 2.62. The van der Waals surface area contributed by atoms with E-state index in [9.17, 15) is 0 Å². The molecule has 1 aromatic heterocycles. The SMILES string of the molecule is [B]CCC(C1=NCC=C1)=c1ccc(=C)n1C. The number of hydrogen-bond acceptors (Lipinski definition) is 1. The number of rotatable bonds is 3. The lowest BCUT2D eigenvalue weighted by atomic mass is 9.94. The van der Waals surface area contributed by atoms with Crippen LogP contribution < -0.4 is 10.7 Å². The first-order chi connectivity index (χ1) is 7.74. The van der Waals surface area contributed by atoms with Gasteiger partial charge in [-0.15, -0.1) is 0 Å². The Morgan fingerprint density at radius 2 is 2.38 bits per heavy atom. The molecule has 1 aliphatic rings. The summed E-state index contributed by atoms with van der Waals surface area (Å²) in [7, 11) is 7.69. The molecule has 0 amide bonds. The molecular formula is C13H15BN2. The van der Waals surface area contributed by atoms with Gasteiger partial charge in [-0.3, -0.25) is 4.99 Å². The van der Waals surface area contributed by atoms with Gasteiger partial charge in [0.2, 0.25) is 0 Å². The number of hydrogen-bond donors (Lipinski definition) is 0. The van der Waals surface area contributed by atoms with Crippen LogP contribution in [0.3, 0.4) is 0 Å². The summed E-state index contributed by atoms with van der Waals surface area (Å²) < 4.78 is 2.08. The second-order valence-electron chi connectivity index (χ2n) is 3.91. The maximum absolute atomic E-state index is 5.67. The summed E-state index contributed by atoms with van der Waals surface area (Å²) in [4.78, 5) is 4.46. The average molecular weight is 210 g/mol. The van der Waals surface area contributed by atoms with Crippen LogP contribution in [0.2, 0.25) is 6.32 Å². The fraction of sp³-hybridized carbons (Fsp3) is 0.308. The molecule has 0 atom stereocenters. The van der Waals surface area contributed by atoms with Crippen LogP contribution in [0.5, 0.6) is 0 Å². The van der Waals surface area contributed by atoms with Crippen LogP contribution in [0, 0.1) is 0 Å². The Hall–Kier alpha value is -1.51. The van der Waals surface area contributed by atoms with Gasteiger partial charge < -0.3 is 4.57 Å². The third-order valence-electron chi connectivity index (χ3n) is 2.88. The molecule has 1 aromatic rings. The topological polar surface area (TPSA) is 17.3 Å². The van der Waals surface area contributed by atoms with E-state index in [0.717, 1.165) is 24.0 Å². The summed E-state index contributed by atoms with van der Waals surface area (Å²) in [6.45, 7) is 4.75. The molecule has 0 saturated carbocycles. The van der Waals surface area contributed by atoms with Crippen molar-refractivity contribution in [3.63, 3.8) is 0 Å². The highest BCUT2D eigenvalue weighted by molar-refractivity contribution is 6.26. The number of aliphatic imine (C=N–C) groups is 1. The minimum absolute atomic E-state index is 0.639. The molecule has 3 heteroatoms. The Kier molecular flexibility index (Phi) is 3.13. The number of nitrogens with zero attached hydrogens (tertiary/aromatic N) is 2. The van der Waals surface area contributed by atoms with Gasteiger partial charge in [0.05, 0.1) is 20.1 Å². The highest BCUT2D eigenvalue weighted by Gasteiger charge is 2.08. The zero-order valence-electron chi connectivity index (χ0n) is 9.61. The molecule has 0 unspecified atom stereocenters. The quantitative estimate of drug-likeness (QED) is 0.649. The van der Waals surface area contributed by atoms with Crippen LogP contribution in [0.4, 0.5) is 0 Å². The van der Waals surface area contributed by atoms with Crippen molar-refractivity contribution < 1.29 is 0 Å². The fourth-order valence-corrected chi connectivity index (χ4v) is 1.95. The van der Waals surface area contributed by atoms with Gasteiger partial charge in [0, 0.05) is 23.3 Å². The molecule has 0 fully saturated rings. The van der Waals surface area contributed by atoms with E-state index in [2.05, 4.69) is 34.4 Å². The first-order valence-corrected chi connectivity index (χ1v) is 5.49. The Morgan fingerprint density at radius 1 is 1.56 bits per heavy atom. The van der Waals surface area contributed by atoms with Crippen molar-refractivity contribution in [1.82, 2.24) is 4.57 Å². The molecular weight excluding hydrogens is 195 g/mol. The highest BCUT2D eigenvalue weighted by atomic mass is 14.9. The summed E-state index contributed by atoms with van der Waals surface area (Å²) in [5, 5.41) is 2.17. The van der Waals surface area contributed by atoms with E-state index in [1.54, 1.807) is 0 Å². The van der Waals surface area contributed by atoms with Gasteiger partial charge in [0.1, 0.15) is 0 Å². The molecule has 2 nitrogen and oxygen atoms in total. The maximum atomic E-state index is 5.67. The van der Waals surface area contributed by atoms with E-state index >= 15 is 0 Å². The zero-order chi connectivity index (χ0) is 11.5. The molecule has 16 heavy (non-hydrogen) atoms. The third-order valence-corrected chi connectivity index (χ3v) is 2.88. The van der Waals surface area contributed by atoms with E-state index in [0.29, 0.717) is 6.32 Å². The molecule has 0 N–H and O–H groups in total. The first kappa shape index (κ1) is 11.0. The minimum atomic E-state index is 0.639. The van der Waals surface area contributed by atoms with Crippen molar-refractivity contribution in [3.05, 3.63) is 35.0 Å². The molecule has 2 radical (unpaired) electrons.